The molecule has 18 heavy (non-hydrogen) atoms. The van der Waals surface area contributed by atoms with Gasteiger partial charge >= 0.3 is 6.18 Å². The third kappa shape index (κ3) is 1.83. The highest BCUT2D eigenvalue weighted by Gasteiger charge is 2.39. The molecular weight excluding hydrogens is 249 g/mol. The van der Waals surface area contributed by atoms with Crippen molar-refractivity contribution < 1.29 is 17.9 Å². The van der Waals surface area contributed by atoms with Gasteiger partial charge in [0, 0.05) is 11.6 Å². The van der Waals surface area contributed by atoms with Crippen molar-refractivity contribution in [1.82, 2.24) is 14.8 Å². The third-order valence-electron chi connectivity index (χ3n) is 2.66. The van der Waals surface area contributed by atoms with E-state index in [0.717, 1.165) is 11.6 Å². The summed E-state index contributed by atoms with van der Waals surface area (Å²) in [6.07, 6.45) is -1.74. The molecule has 2 heterocycles. The fraction of sp³-hybridized carbons (Fsp3) is 0.400. The Morgan fingerprint density at radius 2 is 2.06 bits per heavy atom. The van der Waals surface area contributed by atoms with Crippen molar-refractivity contribution in [2.24, 2.45) is 0 Å². The summed E-state index contributed by atoms with van der Waals surface area (Å²) in [6, 6.07) is -1.77. The number of nitrogen functional groups attached to an aromatic ring is 1. The number of nitrogens with two attached hydrogens (primary N) is 1. The van der Waals surface area contributed by atoms with Gasteiger partial charge in [0.15, 0.2) is 11.6 Å². The Balaban J connectivity index is 2.70. The van der Waals surface area contributed by atoms with Crippen molar-refractivity contribution in [3.8, 4) is 5.75 Å². The first-order valence-electron chi connectivity index (χ1n) is 5.08. The van der Waals surface area contributed by atoms with E-state index in [1.165, 1.54) is 19.5 Å². The van der Waals surface area contributed by atoms with Crippen molar-refractivity contribution in [3.63, 3.8) is 0 Å². The van der Waals surface area contributed by atoms with E-state index in [1.54, 1.807) is 0 Å². The quantitative estimate of drug-likeness (QED) is 0.898. The summed E-state index contributed by atoms with van der Waals surface area (Å²) in [7, 11) is 1.32. The van der Waals surface area contributed by atoms with E-state index in [0.29, 0.717) is 5.39 Å². The molecule has 0 saturated heterocycles. The van der Waals surface area contributed by atoms with Crippen molar-refractivity contribution >= 4 is 16.7 Å². The van der Waals surface area contributed by atoms with Crippen molar-refractivity contribution in [1.29, 1.82) is 0 Å². The van der Waals surface area contributed by atoms with Crippen LogP contribution in [0.25, 0.3) is 10.9 Å². The molecule has 8 heteroatoms. The molecule has 0 fully saturated rings. The molecule has 0 spiro atoms. The van der Waals surface area contributed by atoms with Crippen LogP contribution in [-0.2, 0) is 0 Å². The number of alkyl halides is 3. The number of fused-ring (bicyclic) bond motifs is 1. The molecule has 2 rings (SSSR count). The highest BCUT2D eigenvalue weighted by molar-refractivity contribution is 5.87. The molecule has 0 amide bonds. The van der Waals surface area contributed by atoms with E-state index in [2.05, 4.69) is 10.1 Å². The molecule has 0 radical (unpaired) electrons. The molecule has 2 N–H and O–H groups in total. The number of pyridine rings is 1. The number of halogens is 3. The fourth-order valence-electron chi connectivity index (χ4n) is 1.66. The minimum Gasteiger partial charge on any atom is -0.491 e. The van der Waals surface area contributed by atoms with Gasteiger partial charge in [0.1, 0.15) is 11.6 Å². The van der Waals surface area contributed by atoms with Crippen LogP contribution in [0, 0.1) is 0 Å². The Hall–Kier alpha value is -1.99. The maximum Gasteiger partial charge on any atom is 0.410 e. The van der Waals surface area contributed by atoms with E-state index >= 15 is 0 Å². The minimum absolute atomic E-state index is 0.0288. The van der Waals surface area contributed by atoms with Crippen molar-refractivity contribution in [3.05, 3.63) is 12.4 Å². The molecule has 1 atom stereocenters. The number of hydrogen-bond donors (Lipinski definition) is 1. The molecule has 0 bridgehead atoms. The van der Waals surface area contributed by atoms with Crippen LogP contribution in [0.1, 0.15) is 13.0 Å². The van der Waals surface area contributed by atoms with Crippen LogP contribution >= 0.6 is 0 Å². The lowest BCUT2D eigenvalue weighted by Gasteiger charge is -2.18. The number of anilines is 1. The summed E-state index contributed by atoms with van der Waals surface area (Å²) in [4.78, 5) is 3.83. The molecule has 0 aliphatic rings. The lowest BCUT2D eigenvalue weighted by molar-refractivity contribution is -0.164. The first-order chi connectivity index (χ1) is 8.36. The van der Waals surface area contributed by atoms with Crippen LogP contribution in [0.5, 0.6) is 5.75 Å². The van der Waals surface area contributed by atoms with Gasteiger partial charge in [0.25, 0.3) is 0 Å². The average molecular weight is 260 g/mol. The van der Waals surface area contributed by atoms with E-state index in [4.69, 9.17) is 10.5 Å². The SMILES string of the molecule is COc1c(N)ncc2cnn(C(C)C(F)(F)F)c12. The van der Waals surface area contributed by atoms with Gasteiger partial charge in [-0.25, -0.2) is 9.67 Å². The number of nitrogens with zero attached hydrogens (tertiary/aromatic N) is 3. The smallest absolute Gasteiger partial charge is 0.410 e. The number of aromatic nitrogens is 3. The monoisotopic (exact) mass is 260 g/mol. The molecule has 2 aromatic heterocycles. The Bertz CT molecular complexity index is 578. The average Bonchev–Trinajstić information content (AvgIpc) is 2.70. The van der Waals surface area contributed by atoms with E-state index in [9.17, 15) is 13.2 Å². The predicted octanol–water partition coefficient (Wildman–Crippen LogP) is 2.15. The van der Waals surface area contributed by atoms with Crippen LogP contribution in [0.15, 0.2) is 12.4 Å². The van der Waals surface area contributed by atoms with Gasteiger partial charge in [-0.05, 0) is 6.92 Å². The Morgan fingerprint density at radius 1 is 1.39 bits per heavy atom. The van der Waals surface area contributed by atoms with E-state index in [1.807, 2.05) is 0 Å². The van der Waals surface area contributed by atoms with Crippen molar-refractivity contribution in [2.45, 2.75) is 19.1 Å². The summed E-state index contributed by atoms with van der Waals surface area (Å²) in [6.45, 7) is 1.02. The lowest BCUT2D eigenvalue weighted by atomic mass is 10.2. The topological polar surface area (TPSA) is 66.0 Å². The Labute approximate surface area is 100 Å². The summed E-state index contributed by atoms with van der Waals surface area (Å²) >= 11 is 0. The first-order valence-corrected chi connectivity index (χ1v) is 5.08. The second-order valence-electron chi connectivity index (χ2n) is 3.79. The van der Waals surface area contributed by atoms with Gasteiger partial charge in [-0.15, -0.1) is 0 Å². The molecule has 0 aliphatic carbocycles. The maximum atomic E-state index is 12.7. The molecule has 0 aromatic carbocycles. The molecular formula is C10H11F3N4O. The molecule has 0 saturated carbocycles. The van der Waals surface area contributed by atoms with Crippen LogP contribution in [0.4, 0.5) is 19.0 Å². The second-order valence-corrected chi connectivity index (χ2v) is 3.79. The zero-order valence-corrected chi connectivity index (χ0v) is 9.69. The zero-order chi connectivity index (χ0) is 13.5. The maximum absolute atomic E-state index is 12.7. The molecule has 5 nitrogen and oxygen atoms in total. The normalized spacial score (nSPS) is 13.8. The van der Waals surface area contributed by atoms with E-state index in [-0.39, 0.29) is 17.1 Å². The van der Waals surface area contributed by atoms with Gasteiger partial charge in [-0.1, -0.05) is 0 Å². The van der Waals surface area contributed by atoms with Crippen LogP contribution < -0.4 is 10.5 Å². The minimum atomic E-state index is -4.40. The van der Waals surface area contributed by atoms with Gasteiger partial charge in [-0.2, -0.15) is 18.3 Å². The molecule has 0 aliphatic heterocycles. The zero-order valence-electron chi connectivity index (χ0n) is 9.69. The third-order valence-corrected chi connectivity index (χ3v) is 2.66. The summed E-state index contributed by atoms with van der Waals surface area (Å²) < 4.78 is 44.0. The Morgan fingerprint density at radius 3 is 2.61 bits per heavy atom. The second kappa shape index (κ2) is 4.04. The molecule has 2 aromatic rings. The summed E-state index contributed by atoms with van der Waals surface area (Å²) in [5.74, 6) is 0.127. The van der Waals surface area contributed by atoms with Gasteiger partial charge in [0.2, 0.25) is 0 Å². The van der Waals surface area contributed by atoms with Gasteiger partial charge in [-0.3, -0.25) is 0 Å². The standard InChI is InChI=1S/C10H11F3N4O/c1-5(10(11,12)13)17-7-6(4-16-17)3-15-9(14)8(7)18-2/h3-5H,1-2H3,(H2,14,15). The van der Waals surface area contributed by atoms with E-state index < -0.39 is 12.2 Å². The first kappa shape index (κ1) is 12.5. The highest BCUT2D eigenvalue weighted by Crippen LogP contribution is 2.36. The molecule has 1 unspecified atom stereocenters. The predicted molar refractivity (Wildman–Crippen MR) is 59.3 cm³/mol. The molecule has 98 valence electrons. The number of methoxy groups -OCH3 is 1. The van der Waals surface area contributed by atoms with Crippen LogP contribution in [-0.4, -0.2) is 28.1 Å². The van der Waals surface area contributed by atoms with Crippen molar-refractivity contribution in [2.75, 3.05) is 12.8 Å². The lowest BCUT2D eigenvalue weighted by Crippen LogP contribution is -2.24. The van der Waals surface area contributed by atoms with Crippen LogP contribution in [0.2, 0.25) is 0 Å². The summed E-state index contributed by atoms with van der Waals surface area (Å²) in [5.41, 5.74) is 5.77. The largest absolute Gasteiger partial charge is 0.491 e. The van der Waals surface area contributed by atoms with Crippen LogP contribution in [0.3, 0.4) is 0 Å². The number of hydrogen-bond acceptors (Lipinski definition) is 4. The fourth-order valence-corrected chi connectivity index (χ4v) is 1.66. The number of rotatable bonds is 2. The summed E-state index contributed by atoms with van der Waals surface area (Å²) in [5, 5.41) is 4.17. The van der Waals surface area contributed by atoms with Gasteiger partial charge < -0.3 is 10.5 Å². The highest BCUT2D eigenvalue weighted by atomic mass is 19.4. The van der Waals surface area contributed by atoms with Gasteiger partial charge in [0.05, 0.1) is 13.3 Å². The number of ether oxygens (including phenoxy) is 1. The Kier molecular flexibility index (Phi) is 2.80.